The van der Waals surface area contributed by atoms with Crippen molar-refractivity contribution >= 4 is 15.7 Å². The average molecular weight is 264 g/mol. The number of para-hydroxylation sites is 1. The fourth-order valence-electron chi connectivity index (χ4n) is 1.33. The highest BCUT2D eigenvalue weighted by Crippen LogP contribution is 2.10. The van der Waals surface area contributed by atoms with Crippen LogP contribution in [0.2, 0.25) is 0 Å². The highest BCUT2D eigenvalue weighted by atomic mass is 32.2. The molecule has 0 fully saturated rings. The summed E-state index contributed by atoms with van der Waals surface area (Å²) in [6, 6.07) is 16.1. The Kier molecular flexibility index (Phi) is 4.88. The normalized spacial score (nSPS) is 10.3. The zero-order chi connectivity index (χ0) is 13.6. The summed E-state index contributed by atoms with van der Waals surface area (Å²) in [5, 5.41) is 4.93. The molecule has 0 unspecified atom stereocenters. The average Bonchev–Trinajstić information content (AvgIpc) is 2.30. The number of benzene rings is 2. The number of anilines is 1. The molecule has 5 heteroatoms. The SMILES string of the molecule is Cc1ccccc1S(N)(=O)=O.Nc1ccccc1. The van der Waals surface area contributed by atoms with E-state index < -0.39 is 10.0 Å². The molecule has 2 aromatic rings. The Labute approximate surface area is 107 Å². The van der Waals surface area contributed by atoms with Gasteiger partial charge in [-0.1, -0.05) is 36.4 Å². The molecule has 18 heavy (non-hydrogen) atoms. The van der Waals surface area contributed by atoms with Crippen LogP contribution in [0.4, 0.5) is 5.69 Å². The highest BCUT2D eigenvalue weighted by molar-refractivity contribution is 7.89. The maximum absolute atomic E-state index is 10.8. The van der Waals surface area contributed by atoms with Gasteiger partial charge in [0, 0.05) is 5.69 Å². The Morgan fingerprint density at radius 2 is 1.39 bits per heavy atom. The van der Waals surface area contributed by atoms with Crippen molar-refractivity contribution in [3.8, 4) is 0 Å². The van der Waals surface area contributed by atoms with Gasteiger partial charge >= 0.3 is 0 Å². The van der Waals surface area contributed by atoms with Crippen LogP contribution in [0.15, 0.2) is 59.5 Å². The van der Waals surface area contributed by atoms with E-state index >= 15 is 0 Å². The lowest BCUT2D eigenvalue weighted by atomic mass is 10.2. The fourth-order valence-corrected chi connectivity index (χ4v) is 2.11. The third-order valence-corrected chi connectivity index (χ3v) is 3.27. The predicted octanol–water partition coefficient (Wildman–Crippen LogP) is 1.91. The number of sulfonamides is 1. The Morgan fingerprint density at radius 1 is 0.889 bits per heavy atom. The van der Waals surface area contributed by atoms with Gasteiger partial charge in [0.15, 0.2) is 0 Å². The first kappa shape index (κ1) is 14.2. The lowest BCUT2D eigenvalue weighted by Gasteiger charge is -2.00. The summed E-state index contributed by atoms with van der Waals surface area (Å²) in [6.45, 7) is 1.71. The summed E-state index contributed by atoms with van der Waals surface area (Å²) < 4.78 is 21.7. The number of primary sulfonamides is 1. The van der Waals surface area contributed by atoms with E-state index in [1.807, 2.05) is 30.3 Å². The largest absolute Gasteiger partial charge is 0.399 e. The predicted molar refractivity (Wildman–Crippen MR) is 73.4 cm³/mol. The topological polar surface area (TPSA) is 86.2 Å². The van der Waals surface area contributed by atoms with E-state index in [0.29, 0.717) is 5.56 Å². The molecule has 2 aromatic carbocycles. The molecule has 0 amide bonds. The van der Waals surface area contributed by atoms with Crippen LogP contribution in [0.25, 0.3) is 0 Å². The van der Waals surface area contributed by atoms with E-state index in [0.717, 1.165) is 5.69 Å². The molecular formula is C13H16N2O2S. The molecule has 0 atom stereocenters. The van der Waals surface area contributed by atoms with Gasteiger partial charge in [-0.15, -0.1) is 0 Å². The molecule has 4 N–H and O–H groups in total. The molecule has 0 aliphatic carbocycles. The summed E-state index contributed by atoms with van der Waals surface area (Å²) >= 11 is 0. The van der Waals surface area contributed by atoms with Crippen molar-refractivity contribution in [3.05, 3.63) is 60.2 Å². The molecule has 0 saturated carbocycles. The Balaban J connectivity index is 0.000000199. The number of nitrogen functional groups attached to an aromatic ring is 1. The van der Waals surface area contributed by atoms with Gasteiger partial charge in [0.05, 0.1) is 4.90 Å². The van der Waals surface area contributed by atoms with Crippen LogP contribution >= 0.6 is 0 Å². The molecule has 0 aromatic heterocycles. The van der Waals surface area contributed by atoms with Crippen molar-refractivity contribution in [3.63, 3.8) is 0 Å². The van der Waals surface area contributed by atoms with Crippen LogP contribution in [-0.2, 0) is 10.0 Å². The first-order valence-corrected chi connectivity index (χ1v) is 6.85. The van der Waals surface area contributed by atoms with Gasteiger partial charge in [0.2, 0.25) is 10.0 Å². The van der Waals surface area contributed by atoms with Gasteiger partial charge in [-0.2, -0.15) is 0 Å². The second-order valence-electron chi connectivity index (χ2n) is 3.72. The molecule has 0 spiro atoms. The number of rotatable bonds is 1. The van der Waals surface area contributed by atoms with Gasteiger partial charge in [-0.05, 0) is 30.7 Å². The third-order valence-electron chi connectivity index (χ3n) is 2.20. The molecule has 4 nitrogen and oxygen atoms in total. The molecule has 0 aliphatic rings. The van der Waals surface area contributed by atoms with E-state index in [-0.39, 0.29) is 4.90 Å². The smallest absolute Gasteiger partial charge is 0.238 e. The van der Waals surface area contributed by atoms with E-state index in [2.05, 4.69) is 0 Å². The molecular weight excluding hydrogens is 248 g/mol. The van der Waals surface area contributed by atoms with Crippen molar-refractivity contribution in [1.29, 1.82) is 0 Å². The molecule has 0 heterocycles. The maximum atomic E-state index is 10.8. The van der Waals surface area contributed by atoms with Crippen LogP contribution in [-0.4, -0.2) is 8.42 Å². The number of nitrogens with two attached hydrogens (primary N) is 2. The number of aryl methyl sites for hydroxylation is 1. The van der Waals surface area contributed by atoms with Gasteiger partial charge < -0.3 is 5.73 Å². The van der Waals surface area contributed by atoms with Crippen LogP contribution in [0.3, 0.4) is 0 Å². The van der Waals surface area contributed by atoms with Crippen molar-refractivity contribution in [2.24, 2.45) is 5.14 Å². The summed E-state index contributed by atoms with van der Waals surface area (Å²) in [4.78, 5) is 0.194. The van der Waals surface area contributed by atoms with Gasteiger partial charge in [0.25, 0.3) is 0 Å². The zero-order valence-corrected chi connectivity index (χ0v) is 10.9. The Bertz CT molecular complexity index is 595. The van der Waals surface area contributed by atoms with Gasteiger partial charge in [0.1, 0.15) is 0 Å². The van der Waals surface area contributed by atoms with Crippen molar-refractivity contribution in [1.82, 2.24) is 0 Å². The first-order chi connectivity index (χ1) is 8.41. The molecule has 0 radical (unpaired) electrons. The second-order valence-corrected chi connectivity index (χ2v) is 5.25. The fraction of sp³-hybridized carbons (Fsp3) is 0.0769. The third kappa shape index (κ3) is 4.57. The molecule has 2 rings (SSSR count). The van der Waals surface area contributed by atoms with E-state index in [1.165, 1.54) is 6.07 Å². The van der Waals surface area contributed by atoms with Crippen LogP contribution in [0.5, 0.6) is 0 Å². The van der Waals surface area contributed by atoms with E-state index in [4.69, 9.17) is 10.9 Å². The van der Waals surface area contributed by atoms with E-state index in [1.54, 1.807) is 25.1 Å². The zero-order valence-electron chi connectivity index (χ0n) is 10.1. The van der Waals surface area contributed by atoms with Crippen LogP contribution < -0.4 is 10.9 Å². The molecule has 96 valence electrons. The maximum Gasteiger partial charge on any atom is 0.238 e. The minimum atomic E-state index is -3.53. The molecule has 0 aliphatic heterocycles. The summed E-state index contributed by atoms with van der Waals surface area (Å²) in [7, 11) is -3.53. The monoisotopic (exact) mass is 264 g/mol. The number of hydrogen-bond donors (Lipinski definition) is 2. The summed E-state index contributed by atoms with van der Waals surface area (Å²) in [6.07, 6.45) is 0. The molecule has 0 bridgehead atoms. The van der Waals surface area contributed by atoms with Crippen LogP contribution in [0.1, 0.15) is 5.56 Å². The van der Waals surface area contributed by atoms with Gasteiger partial charge in [-0.25, -0.2) is 13.6 Å². The lowest BCUT2D eigenvalue weighted by molar-refractivity contribution is 0.597. The second kappa shape index (κ2) is 6.18. The van der Waals surface area contributed by atoms with Crippen molar-refractivity contribution < 1.29 is 8.42 Å². The quantitative estimate of drug-likeness (QED) is 0.771. The minimum absolute atomic E-state index is 0.194. The standard InChI is InChI=1S/C7H9NO2S.C6H7N/c1-6-4-2-3-5-7(6)11(8,9)10;7-6-4-2-1-3-5-6/h2-5H,1H3,(H2,8,9,10);1-5H,7H2. The highest BCUT2D eigenvalue weighted by Gasteiger charge is 2.08. The first-order valence-electron chi connectivity index (χ1n) is 5.30. The molecule has 0 saturated heterocycles. The van der Waals surface area contributed by atoms with Crippen molar-refractivity contribution in [2.75, 3.05) is 5.73 Å². The Hall–Kier alpha value is -1.85. The number of hydrogen-bond acceptors (Lipinski definition) is 3. The summed E-state index contributed by atoms with van der Waals surface area (Å²) in [5.74, 6) is 0. The van der Waals surface area contributed by atoms with Crippen molar-refractivity contribution in [2.45, 2.75) is 11.8 Å². The Morgan fingerprint density at radius 3 is 1.72 bits per heavy atom. The minimum Gasteiger partial charge on any atom is -0.399 e. The van der Waals surface area contributed by atoms with Gasteiger partial charge in [-0.3, -0.25) is 0 Å². The van der Waals surface area contributed by atoms with E-state index in [9.17, 15) is 8.42 Å². The summed E-state index contributed by atoms with van der Waals surface area (Å²) in [5.41, 5.74) is 6.86. The van der Waals surface area contributed by atoms with Crippen LogP contribution in [0, 0.1) is 6.92 Å². The lowest BCUT2D eigenvalue weighted by Crippen LogP contribution is -2.13.